The molecule has 2 aliphatic rings. The topological polar surface area (TPSA) is 86.0 Å². The van der Waals surface area contributed by atoms with Crippen LogP contribution in [0, 0.1) is 0 Å². The highest BCUT2D eigenvalue weighted by Crippen LogP contribution is 2.25. The maximum absolute atomic E-state index is 13.1. The fourth-order valence-corrected chi connectivity index (χ4v) is 5.87. The Morgan fingerprint density at radius 2 is 1.62 bits per heavy atom. The van der Waals surface area contributed by atoms with Crippen LogP contribution in [0.25, 0.3) is 21.8 Å². The molecule has 1 aliphatic carbocycles. The first kappa shape index (κ1) is 23.0. The van der Waals surface area contributed by atoms with Gasteiger partial charge in [-0.1, -0.05) is 37.5 Å². The number of carboxylic acid groups (broad SMARTS) is 1. The molecular formula is C27H33N3O4. The maximum Gasteiger partial charge on any atom is 0.337 e. The van der Waals surface area contributed by atoms with Crippen LogP contribution in [0.4, 0.5) is 0 Å². The van der Waals surface area contributed by atoms with Gasteiger partial charge in [-0.05, 0) is 37.1 Å². The summed E-state index contributed by atoms with van der Waals surface area (Å²) in [6.07, 6.45) is 5.96. The van der Waals surface area contributed by atoms with Crippen molar-refractivity contribution in [1.29, 1.82) is 0 Å². The van der Waals surface area contributed by atoms with E-state index < -0.39 is 12.1 Å². The Labute approximate surface area is 199 Å². The van der Waals surface area contributed by atoms with Crippen molar-refractivity contribution in [3.8, 4) is 0 Å². The lowest BCUT2D eigenvalue weighted by Gasteiger charge is -2.41. The third-order valence-electron chi connectivity index (χ3n) is 7.58. The number of piperazine rings is 1. The van der Waals surface area contributed by atoms with E-state index in [1.807, 2.05) is 22.8 Å². The molecule has 7 nitrogen and oxygen atoms in total. The number of aliphatic hydroxyl groups is 1. The summed E-state index contributed by atoms with van der Waals surface area (Å²) >= 11 is 0. The largest absolute Gasteiger partial charge is 0.478 e. The number of fused-ring (bicyclic) bond motifs is 2. The van der Waals surface area contributed by atoms with Gasteiger partial charge in [-0.15, -0.1) is 0 Å². The molecule has 2 heterocycles. The van der Waals surface area contributed by atoms with E-state index in [0.717, 1.165) is 26.2 Å². The summed E-state index contributed by atoms with van der Waals surface area (Å²) in [4.78, 5) is 30.0. The lowest BCUT2D eigenvalue weighted by molar-refractivity contribution is 0.0434. The van der Waals surface area contributed by atoms with Crippen LogP contribution in [-0.4, -0.2) is 75.4 Å². The second kappa shape index (κ2) is 9.86. The number of hydrogen-bond donors (Lipinski definition) is 2. The lowest BCUT2D eigenvalue weighted by atomic mass is 9.94. The molecular weight excluding hydrogens is 430 g/mol. The van der Waals surface area contributed by atoms with Crippen LogP contribution in [0.15, 0.2) is 47.3 Å². The predicted octanol–water partition coefficient (Wildman–Crippen LogP) is 3.16. The first-order valence-corrected chi connectivity index (χ1v) is 12.4. The van der Waals surface area contributed by atoms with E-state index in [0.29, 0.717) is 34.4 Å². The average Bonchev–Trinajstić information content (AvgIpc) is 2.87. The van der Waals surface area contributed by atoms with Crippen LogP contribution in [0.3, 0.4) is 0 Å². The van der Waals surface area contributed by atoms with Crippen molar-refractivity contribution in [2.24, 2.45) is 0 Å². The van der Waals surface area contributed by atoms with Crippen molar-refractivity contribution < 1.29 is 15.0 Å². The number of pyridine rings is 1. The molecule has 0 radical (unpaired) electrons. The molecule has 1 aliphatic heterocycles. The van der Waals surface area contributed by atoms with Gasteiger partial charge in [-0.25, -0.2) is 4.79 Å². The highest BCUT2D eigenvalue weighted by Gasteiger charge is 2.26. The lowest BCUT2D eigenvalue weighted by Crippen LogP contribution is -2.52. The maximum atomic E-state index is 13.1. The first-order chi connectivity index (χ1) is 16.5. The zero-order valence-corrected chi connectivity index (χ0v) is 19.5. The van der Waals surface area contributed by atoms with Crippen molar-refractivity contribution in [2.75, 3.05) is 32.7 Å². The molecule has 0 bridgehead atoms. The Balaban J connectivity index is 1.38. The van der Waals surface area contributed by atoms with E-state index >= 15 is 0 Å². The van der Waals surface area contributed by atoms with Gasteiger partial charge >= 0.3 is 5.97 Å². The molecule has 7 heteroatoms. The van der Waals surface area contributed by atoms with Gasteiger partial charge in [0.05, 0.1) is 29.2 Å². The van der Waals surface area contributed by atoms with Crippen LogP contribution in [-0.2, 0) is 6.54 Å². The van der Waals surface area contributed by atoms with Crippen molar-refractivity contribution in [3.63, 3.8) is 0 Å². The summed E-state index contributed by atoms with van der Waals surface area (Å²) in [5.41, 5.74) is 0.918. The fourth-order valence-electron chi connectivity index (χ4n) is 5.87. The number of aliphatic hydroxyl groups excluding tert-OH is 1. The van der Waals surface area contributed by atoms with Gasteiger partial charge < -0.3 is 14.8 Å². The van der Waals surface area contributed by atoms with Gasteiger partial charge in [0.1, 0.15) is 0 Å². The molecule has 0 spiro atoms. The molecule has 1 aromatic heterocycles. The molecule has 2 aromatic carbocycles. The number of carbonyl (C=O) groups is 1. The van der Waals surface area contributed by atoms with Gasteiger partial charge in [0.25, 0.3) is 0 Å². The van der Waals surface area contributed by atoms with Crippen LogP contribution < -0.4 is 5.43 Å². The van der Waals surface area contributed by atoms with Crippen LogP contribution in [0.2, 0.25) is 0 Å². The van der Waals surface area contributed by atoms with Crippen LogP contribution in [0.1, 0.15) is 42.5 Å². The normalized spacial score (nSPS) is 19.6. The monoisotopic (exact) mass is 463 g/mol. The third kappa shape index (κ3) is 4.48. The molecule has 1 saturated carbocycles. The number of benzene rings is 2. The third-order valence-corrected chi connectivity index (χ3v) is 7.58. The van der Waals surface area contributed by atoms with Gasteiger partial charge in [0, 0.05) is 49.5 Å². The predicted molar refractivity (Wildman–Crippen MR) is 134 cm³/mol. The molecule has 2 N–H and O–H groups in total. The number of aromatic carboxylic acids is 1. The number of nitrogens with zero attached hydrogens (tertiary/aromatic N) is 3. The number of carboxylic acids is 1. The molecule has 0 amide bonds. The van der Waals surface area contributed by atoms with E-state index in [1.54, 1.807) is 18.2 Å². The van der Waals surface area contributed by atoms with Crippen molar-refractivity contribution in [1.82, 2.24) is 14.4 Å². The van der Waals surface area contributed by atoms with Crippen LogP contribution >= 0.6 is 0 Å². The van der Waals surface area contributed by atoms with E-state index in [-0.39, 0.29) is 17.5 Å². The minimum atomic E-state index is -1.08. The molecule has 1 atom stereocenters. The zero-order chi connectivity index (χ0) is 23.7. The van der Waals surface area contributed by atoms with E-state index in [2.05, 4.69) is 9.80 Å². The quantitative estimate of drug-likeness (QED) is 0.546. The van der Waals surface area contributed by atoms with E-state index in [1.165, 1.54) is 38.2 Å². The SMILES string of the molecule is O=C(O)c1cccc2c(=O)c3ccccc3n(CC(O)CN3CCN(C4CCCCC4)CC3)c12. The fraction of sp³-hybridized carbons (Fsp3) is 0.481. The Hall–Kier alpha value is -2.74. The summed E-state index contributed by atoms with van der Waals surface area (Å²) in [6.45, 7) is 4.67. The average molecular weight is 464 g/mol. The Morgan fingerprint density at radius 3 is 2.35 bits per heavy atom. The second-order valence-electron chi connectivity index (χ2n) is 9.75. The Bertz CT molecular complexity index is 1240. The van der Waals surface area contributed by atoms with Gasteiger partial charge in [0.2, 0.25) is 0 Å². The van der Waals surface area contributed by atoms with Gasteiger partial charge in [0.15, 0.2) is 5.43 Å². The van der Waals surface area contributed by atoms with Crippen molar-refractivity contribution in [2.45, 2.75) is 50.8 Å². The first-order valence-electron chi connectivity index (χ1n) is 12.4. The minimum absolute atomic E-state index is 0.0775. The van der Waals surface area contributed by atoms with Crippen molar-refractivity contribution in [3.05, 3.63) is 58.3 Å². The molecule has 1 unspecified atom stereocenters. The van der Waals surface area contributed by atoms with Crippen molar-refractivity contribution >= 4 is 27.8 Å². The van der Waals surface area contributed by atoms with Gasteiger partial charge in [-0.3, -0.25) is 14.6 Å². The molecule has 3 aromatic rings. The smallest absolute Gasteiger partial charge is 0.337 e. The molecule has 2 fully saturated rings. The highest BCUT2D eigenvalue weighted by atomic mass is 16.4. The summed E-state index contributed by atoms with van der Waals surface area (Å²) in [7, 11) is 0. The van der Waals surface area contributed by atoms with Crippen LogP contribution in [0.5, 0.6) is 0 Å². The van der Waals surface area contributed by atoms with E-state index in [9.17, 15) is 19.8 Å². The molecule has 1 saturated heterocycles. The number of β-amino-alcohol motifs (C(OH)–C–C–N with tert-alkyl or cyclic N) is 1. The zero-order valence-electron chi connectivity index (χ0n) is 19.5. The summed E-state index contributed by atoms with van der Waals surface area (Å²) in [5, 5.41) is 21.8. The van der Waals surface area contributed by atoms with Gasteiger partial charge in [-0.2, -0.15) is 0 Å². The number of rotatable bonds is 6. The second-order valence-corrected chi connectivity index (χ2v) is 9.75. The molecule has 5 rings (SSSR count). The minimum Gasteiger partial charge on any atom is -0.478 e. The Morgan fingerprint density at radius 1 is 0.912 bits per heavy atom. The number of aromatic nitrogens is 1. The number of para-hydroxylation sites is 2. The molecule has 34 heavy (non-hydrogen) atoms. The summed E-state index contributed by atoms with van der Waals surface area (Å²) in [6, 6.07) is 12.7. The highest BCUT2D eigenvalue weighted by molar-refractivity contribution is 6.05. The summed E-state index contributed by atoms with van der Waals surface area (Å²) in [5.74, 6) is -1.08. The summed E-state index contributed by atoms with van der Waals surface area (Å²) < 4.78 is 1.82. The molecule has 180 valence electrons. The Kier molecular flexibility index (Phi) is 6.68. The standard InChI is InChI=1S/C27H33N3O4/c31-20(17-28-13-15-29(16-14-28)19-7-2-1-3-8-19)18-30-24-12-5-4-9-21(24)26(32)22-10-6-11-23(25(22)30)27(33)34/h4-6,9-12,19-20,31H,1-3,7-8,13-18H2,(H,33,34). The number of hydrogen-bond acceptors (Lipinski definition) is 5. The van der Waals surface area contributed by atoms with E-state index in [4.69, 9.17) is 0 Å².